The van der Waals surface area contributed by atoms with Gasteiger partial charge in [-0.3, -0.25) is 9.89 Å². The highest BCUT2D eigenvalue weighted by atomic mass is 35.5. The summed E-state index contributed by atoms with van der Waals surface area (Å²) in [5, 5.41) is 9.10. The highest BCUT2D eigenvalue weighted by Crippen LogP contribution is 2.19. The van der Waals surface area contributed by atoms with E-state index in [-0.39, 0.29) is 10.6 Å². The molecule has 2 rings (SSSR count). The normalized spacial score (nSPS) is 10.4. The second-order valence-corrected chi connectivity index (χ2v) is 4.18. The molecule has 2 aromatic rings. The van der Waals surface area contributed by atoms with Crippen molar-refractivity contribution < 1.29 is 9.18 Å². The maximum absolute atomic E-state index is 13.2. The van der Waals surface area contributed by atoms with E-state index in [1.54, 1.807) is 6.20 Å². The van der Waals surface area contributed by atoms with Crippen LogP contribution in [0.4, 0.5) is 4.39 Å². The largest absolute Gasteiger partial charge is 0.348 e. The van der Waals surface area contributed by atoms with E-state index in [0.717, 1.165) is 11.3 Å². The molecule has 0 saturated heterocycles. The Morgan fingerprint density at radius 3 is 3.00 bits per heavy atom. The van der Waals surface area contributed by atoms with E-state index < -0.39 is 11.7 Å². The van der Waals surface area contributed by atoms with Crippen LogP contribution in [0, 0.1) is 12.7 Å². The molecule has 0 aliphatic rings. The lowest BCUT2D eigenvalue weighted by Crippen LogP contribution is -2.23. The Hall–Kier alpha value is -1.88. The molecule has 0 radical (unpaired) electrons. The van der Waals surface area contributed by atoms with Crippen LogP contribution in [-0.4, -0.2) is 16.1 Å². The van der Waals surface area contributed by atoms with Gasteiger partial charge in [-0.05, 0) is 19.1 Å². The molecule has 4 nitrogen and oxygen atoms in total. The van der Waals surface area contributed by atoms with Gasteiger partial charge in [0.25, 0.3) is 5.91 Å². The fourth-order valence-corrected chi connectivity index (χ4v) is 1.72. The number of aromatic nitrogens is 2. The molecule has 0 bridgehead atoms. The predicted molar refractivity (Wildman–Crippen MR) is 65.9 cm³/mol. The molecule has 1 aromatic heterocycles. The maximum Gasteiger partial charge on any atom is 0.253 e. The fraction of sp³-hybridized carbons (Fsp3) is 0.167. The standard InChI is InChI=1S/C12H11ClFN3O/c1-7-8(6-16-17-7)5-15-12(18)9-3-2-4-10(14)11(9)13/h2-4,6H,5H2,1H3,(H,15,18)(H,16,17). The van der Waals surface area contributed by atoms with Crippen LogP contribution >= 0.6 is 11.6 Å². The third-order valence-electron chi connectivity index (χ3n) is 2.57. The summed E-state index contributed by atoms with van der Waals surface area (Å²) >= 11 is 5.73. The van der Waals surface area contributed by atoms with Crippen molar-refractivity contribution >= 4 is 17.5 Å². The SMILES string of the molecule is Cc1[nH]ncc1CNC(=O)c1cccc(F)c1Cl. The Kier molecular flexibility index (Phi) is 3.62. The molecule has 0 aliphatic carbocycles. The quantitative estimate of drug-likeness (QED) is 0.897. The van der Waals surface area contributed by atoms with Crippen LogP contribution in [0.25, 0.3) is 0 Å². The zero-order valence-electron chi connectivity index (χ0n) is 9.63. The van der Waals surface area contributed by atoms with Gasteiger partial charge in [-0.25, -0.2) is 4.39 Å². The zero-order chi connectivity index (χ0) is 13.1. The second-order valence-electron chi connectivity index (χ2n) is 3.80. The predicted octanol–water partition coefficient (Wildman–Crippen LogP) is 2.44. The number of nitrogens with zero attached hydrogens (tertiary/aromatic N) is 1. The van der Waals surface area contributed by atoms with Crippen molar-refractivity contribution in [3.63, 3.8) is 0 Å². The van der Waals surface area contributed by atoms with E-state index in [1.165, 1.54) is 18.2 Å². The number of hydrogen-bond donors (Lipinski definition) is 2. The van der Waals surface area contributed by atoms with E-state index >= 15 is 0 Å². The van der Waals surface area contributed by atoms with Crippen molar-refractivity contribution in [2.45, 2.75) is 13.5 Å². The number of aryl methyl sites for hydroxylation is 1. The minimum absolute atomic E-state index is 0.123. The van der Waals surface area contributed by atoms with E-state index in [9.17, 15) is 9.18 Å². The third-order valence-corrected chi connectivity index (χ3v) is 2.95. The summed E-state index contributed by atoms with van der Waals surface area (Å²) in [5.41, 5.74) is 1.87. The first kappa shape index (κ1) is 12.6. The summed E-state index contributed by atoms with van der Waals surface area (Å²) in [6.07, 6.45) is 1.63. The van der Waals surface area contributed by atoms with E-state index in [0.29, 0.717) is 6.54 Å². The van der Waals surface area contributed by atoms with E-state index in [1.807, 2.05) is 6.92 Å². The summed E-state index contributed by atoms with van der Waals surface area (Å²) in [6.45, 7) is 2.16. The van der Waals surface area contributed by atoms with Gasteiger partial charge in [0.15, 0.2) is 0 Å². The van der Waals surface area contributed by atoms with Gasteiger partial charge in [0, 0.05) is 17.8 Å². The van der Waals surface area contributed by atoms with E-state index in [4.69, 9.17) is 11.6 Å². The van der Waals surface area contributed by atoms with Crippen LogP contribution in [0.3, 0.4) is 0 Å². The fourth-order valence-electron chi connectivity index (χ4n) is 1.50. The van der Waals surface area contributed by atoms with Crippen LogP contribution in [0.15, 0.2) is 24.4 Å². The molecule has 1 aromatic carbocycles. The van der Waals surface area contributed by atoms with Gasteiger partial charge in [0.2, 0.25) is 0 Å². The number of carbonyl (C=O) groups excluding carboxylic acids is 1. The first-order chi connectivity index (χ1) is 8.59. The van der Waals surface area contributed by atoms with Gasteiger partial charge in [0.1, 0.15) is 5.82 Å². The summed E-state index contributed by atoms with van der Waals surface area (Å²) < 4.78 is 13.2. The number of nitrogens with one attached hydrogen (secondary N) is 2. The molecular formula is C12H11ClFN3O. The molecule has 0 aliphatic heterocycles. The molecule has 0 fully saturated rings. The molecule has 0 spiro atoms. The van der Waals surface area contributed by atoms with E-state index in [2.05, 4.69) is 15.5 Å². The molecule has 0 unspecified atom stereocenters. The molecule has 1 amide bonds. The van der Waals surface area contributed by atoms with Crippen molar-refractivity contribution in [3.8, 4) is 0 Å². The summed E-state index contributed by atoms with van der Waals surface area (Å²) in [7, 11) is 0. The topological polar surface area (TPSA) is 57.8 Å². The lowest BCUT2D eigenvalue weighted by molar-refractivity contribution is 0.0950. The molecule has 0 saturated carbocycles. The van der Waals surface area contributed by atoms with Crippen molar-refractivity contribution in [1.82, 2.24) is 15.5 Å². The van der Waals surface area contributed by atoms with Gasteiger partial charge >= 0.3 is 0 Å². The third kappa shape index (κ3) is 2.51. The van der Waals surface area contributed by atoms with Gasteiger partial charge in [-0.2, -0.15) is 5.10 Å². The number of amides is 1. The average molecular weight is 268 g/mol. The summed E-state index contributed by atoms with van der Waals surface area (Å²) in [6, 6.07) is 4.13. The van der Waals surface area contributed by atoms with Gasteiger partial charge in [-0.1, -0.05) is 17.7 Å². The van der Waals surface area contributed by atoms with Crippen LogP contribution in [0.1, 0.15) is 21.6 Å². The van der Waals surface area contributed by atoms with Crippen LogP contribution in [0.2, 0.25) is 5.02 Å². The molecule has 1 heterocycles. The minimum atomic E-state index is -0.608. The molecule has 18 heavy (non-hydrogen) atoms. The number of aromatic amines is 1. The second kappa shape index (κ2) is 5.18. The molecular weight excluding hydrogens is 257 g/mol. The Bertz CT molecular complexity index is 582. The Balaban J connectivity index is 2.09. The number of H-pyrrole nitrogens is 1. The molecule has 0 atom stereocenters. The number of carbonyl (C=O) groups is 1. The average Bonchev–Trinajstić information content (AvgIpc) is 2.75. The lowest BCUT2D eigenvalue weighted by Gasteiger charge is -2.06. The highest BCUT2D eigenvalue weighted by molar-refractivity contribution is 6.34. The van der Waals surface area contributed by atoms with Crippen molar-refractivity contribution in [3.05, 3.63) is 52.1 Å². The van der Waals surface area contributed by atoms with Crippen LogP contribution in [-0.2, 0) is 6.54 Å². The monoisotopic (exact) mass is 267 g/mol. The first-order valence-corrected chi connectivity index (χ1v) is 5.68. The number of halogens is 2. The zero-order valence-corrected chi connectivity index (χ0v) is 10.4. The van der Waals surface area contributed by atoms with Crippen molar-refractivity contribution in [1.29, 1.82) is 0 Å². The minimum Gasteiger partial charge on any atom is -0.348 e. The van der Waals surface area contributed by atoms with Crippen molar-refractivity contribution in [2.75, 3.05) is 0 Å². The number of rotatable bonds is 3. The van der Waals surface area contributed by atoms with Gasteiger partial charge < -0.3 is 5.32 Å². The van der Waals surface area contributed by atoms with Crippen LogP contribution < -0.4 is 5.32 Å². The van der Waals surface area contributed by atoms with Gasteiger partial charge in [-0.15, -0.1) is 0 Å². The number of benzene rings is 1. The molecule has 6 heteroatoms. The maximum atomic E-state index is 13.2. The Labute approximate surface area is 108 Å². The smallest absolute Gasteiger partial charge is 0.253 e. The first-order valence-electron chi connectivity index (χ1n) is 5.30. The van der Waals surface area contributed by atoms with Crippen molar-refractivity contribution in [2.24, 2.45) is 0 Å². The Morgan fingerprint density at radius 1 is 1.56 bits per heavy atom. The van der Waals surface area contributed by atoms with Gasteiger partial charge in [0.05, 0.1) is 16.8 Å². The summed E-state index contributed by atoms with van der Waals surface area (Å²) in [5.74, 6) is -1.02. The lowest BCUT2D eigenvalue weighted by atomic mass is 10.2. The molecule has 2 N–H and O–H groups in total. The van der Waals surface area contributed by atoms with Crippen LogP contribution in [0.5, 0.6) is 0 Å². The Morgan fingerprint density at radius 2 is 2.33 bits per heavy atom. The number of hydrogen-bond acceptors (Lipinski definition) is 2. The summed E-state index contributed by atoms with van der Waals surface area (Å²) in [4.78, 5) is 11.8. The molecule has 94 valence electrons. The highest BCUT2D eigenvalue weighted by Gasteiger charge is 2.13.